The highest BCUT2D eigenvalue weighted by molar-refractivity contribution is 6.01. The summed E-state index contributed by atoms with van der Waals surface area (Å²) in [6, 6.07) is 10.2. The Morgan fingerprint density at radius 2 is 1.73 bits per heavy atom. The maximum atomic E-state index is 14.2. The number of aryl methyl sites for hydroxylation is 1. The van der Waals surface area contributed by atoms with Gasteiger partial charge in [0, 0.05) is 6.07 Å². The van der Waals surface area contributed by atoms with Gasteiger partial charge in [-0.25, -0.2) is 15.1 Å². The molecule has 2 aromatic rings. The third kappa shape index (κ3) is 5.00. The molecule has 162 valence electrons. The number of aromatic nitrogens is 1. The molecule has 0 fully saturated rings. The molecule has 1 aromatic heterocycles. The van der Waals surface area contributed by atoms with Crippen LogP contribution in [0.15, 0.2) is 42.5 Å². The van der Waals surface area contributed by atoms with Crippen LogP contribution in [-0.4, -0.2) is 36.9 Å². The molecule has 0 saturated carbocycles. The molecule has 0 aliphatic rings. The SMILES string of the molecule is CCOC(=O)[C@@](NC(=O)c1ccccc1OCC)(Nc1cccc(C)[nH+]1)C(F)(F)F. The molecule has 30 heavy (non-hydrogen) atoms. The zero-order chi connectivity index (χ0) is 22.4. The molecule has 0 saturated heterocycles. The van der Waals surface area contributed by atoms with Crippen molar-refractivity contribution in [3.63, 3.8) is 0 Å². The molecule has 0 bridgehead atoms. The number of nitrogens with one attached hydrogen (secondary N) is 3. The molecule has 0 unspecified atom stereocenters. The second-order valence-electron chi connectivity index (χ2n) is 6.22. The lowest BCUT2D eigenvalue weighted by molar-refractivity contribution is -0.372. The number of amides is 1. The molecule has 0 aliphatic heterocycles. The van der Waals surface area contributed by atoms with Crippen molar-refractivity contribution in [2.24, 2.45) is 0 Å². The molecule has 2 rings (SSSR count). The van der Waals surface area contributed by atoms with E-state index in [9.17, 15) is 22.8 Å². The highest BCUT2D eigenvalue weighted by atomic mass is 19.4. The molecular formula is C20H23F3N3O4+. The number of anilines is 1. The summed E-state index contributed by atoms with van der Waals surface area (Å²) in [4.78, 5) is 28.0. The lowest BCUT2D eigenvalue weighted by Gasteiger charge is -2.31. The van der Waals surface area contributed by atoms with Crippen molar-refractivity contribution < 1.29 is 37.2 Å². The number of hydrogen-bond donors (Lipinski definition) is 2. The van der Waals surface area contributed by atoms with E-state index in [0.717, 1.165) is 0 Å². The summed E-state index contributed by atoms with van der Waals surface area (Å²) in [5, 5.41) is 3.87. The largest absolute Gasteiger partial charge is 0.493 e. The van der Waals surface area contributed by atoms with Gasteiger partial charge in [-0.2, -0.15) is 13.2 Å². The number of aromatic amines is 1. The van der Waals surface area contributed by atoms with Gasteiger partial charge in [0.15, 0.2) is 0 Å². The first-order chi connectivity index (χ1) is 14.1. The smallest absolute Gasteiger partial charge is 0.464 e. The Hall–Kier alpha value is -3.30. The van der Waals surface area contributed by atoms with Crippen LogP contribution in [0.1, 0.15) is 29.9 Å². The number of benzene rings is 1. The third-order valence-corrected chi connectivity index (χ3v) is 4.00. The Morgan fingerprint density at radius 3 is 2.33 bits per heavy atom. The first-order valence-corrected chi connectivity index (χ1v) is 9.20. The van der Waals surface area contributed by atoms with E-state index >= 15 is 0 Å². The highest BCUT2D eigenvalue weighted by Crippen LogP contribution is 2.33. The van der Waals surface area contributed by atoms with Gasteiger partial charge < -0.3 is 9.47 Å². The van der Waals surface area contributed by atoms with Crippen molar-refractivity contribution in [2.45, 2.75) is 32.6 Å². The maximum absolute atomic E-state index is 14.2. The zero-order valence-electron chi connectivity index (χ0n) is 16.7. The Balaban J connectivity index is 2.54. The molecule has 1 atom stereocenters. The van der Waals surface area contributed by atoms with Gasteiger partial charge in [0.2, 0.25) is 0 Å². The number of para-hydroxylation sites is 1. The molecule has 0 spiro atoms. The zero-order valence-corrected chi connectivity index (χ0v) is 16.7. The monoisotopic (exact) mass is 426 g/mol. The fourth-order valence-electron chi connectivity index (χ4n) is 2.66. The molecule has 1 amide bonds. The van der Waals surface area contributed by atoms with Gasteiger partial charge in [0.1, 0.15) is 5.75 Å². The van der Waals surface area contributed by atoms with Gasteiger partial charge in [0.25, 0.3) is 11.7 Å². The first-order valence-electron chi connectivity index (χ1n) is 9.20. The van der Waals surface area contributed by atoms with E-state index in [1.165, 1.54) is 37.3 Å². The van der Waals surface area contributed by atoms with Crippen LogP contribution < -0.4 is 20.4 Å². The summed E-state index contributed by atoms with van der Waals surface area (Å²) in [6.45, 7) is 4.54. The number of ether oxygens (including phenoxy) is 2. The van der Waals surface area contributed by atoms with Gasteiger partial charge in [-0.15, -0.1) is 0 Å². The van der Waals surface area contributed by atoms with Crippen molar-refractivity contribution in [3.05, 3.63) is 53.7 Å². The van der Waals surface area contributed by atoms with Crippen molar-refractivity contribution in [3.8, 4) is 5.75 Å². The summed E-state index contributed by atoms with van der Waals surface area (Å²) in [5.41, 5.74) is -3.16. The fourth-order valence-corrected chi connectivity index (χ4v) is 2.66. The van der Waals surface area contributed by atoms with Crippen LogP contribution in [-0.2, 0) is 9.53 Å². The van der Waals surface area contributed by atoms with E-state index in [1.54, 1.807) is 31.3 Å². The molecule has 0 aliphatic carbocycles. The van der Waals surface area contributed by atoms with Crippen LogP contribution in [0.5, 0.6) is 5.75 Å². The second kappa shape index (κ2) is 9.47. The lowest BCUT2D eigenvalue weighted by atomic mass is 10.1. The van der Waals surface area contributed by atoms with E-state index < -0.39 is 23.7 Å². The quantitative estimate of drug-likeness (QED) is 0.500. The Morgan fingerprint density at radius 1 is 1.03 bits per heavy atom. The predicted octanol–water partition coefficient (Wildman–Crippen LogP) is 2.87. The van der Waals surface area contributed by atoms with Crippen molar-refractivity contribution in [2.75, 3.05) is 18.5 Å². The predicted molar refractivity (Wildman–Crippen MR) is 102 cm³/mol. The number of halogens is 3. The van der Waals surface area contributed by atoms with E-state index in [1.807, 2.05) is 0 Å². The number of H-pyrrole nitrogens is 1. The average Bonchev–Trinajstić information content (AvgIpc) is 2.67. The maximum Gasteiger partial charge on any atom is 0.464 e. The number of carbonyl (C=O) groups is 2. The van der Waals surface area contributed by atoms with E-state index in [2.05, 4.69) is 15.0 Å². The number of alkyl halides is 3. The molecule has 3 N–H and O–H groups in total. The number of pyridine rings is 1. The molecule has 0 radical (unpaired) electrons. The number of carbonyl (C=O) groups excluding carboxylic acids is 2. The van der Waals surface area contributed by atoms with Crippen molar-refractivity contribution in [1.82, 2.24) is 5.32 Å². The minimum absolute atomic E-state index is 0.0829. The summed E-state index contributed by atoms with van der Waals surface area (Å²) in [7, 11) is 0. The van der Waals surface area contributed by atoms with Crippen LogP contribution in [0.4, 0.5) is 19.0 Å². The Bertz CT molecular complexity index is 905. The summed E-state index contributed by atoms with van der Waals surface area (Å²) >= 11 is 0. The van der Waals surface area contributed by atoms with Crippen LogP contribution >= 0.6 is 0 Å². The molecule has 1 aromatic carbocycles. The van der Waals surface area contributed by atoms with Crippen molar-refractivity contribution in [1.29, 1.82) is 0 Å². The molecule has 1 heterocycles. The summed E-state index contributed by atoms with van der Waals surface area (Å²) in [5.74, 6) is -2.92. The topological polar surface area (TPSA) is 90.8 Å². The molecular weight excluding hydrogens is 403 g/mol. The molecule has 10 heteroatoms. The number of esters is 1. The van der Waals surface area contributed by atoms with Crippen molar-refractivity contribution >= 4 is 17.7 Å². The Kier molecular flexibility index (Phi) is 7.25. The minimum atomic E-state index is -5.24. The normalized spacial score (nSPS) is 13.1. The third-order valence-electron chi connectivity index (χ3n) is 4.00. The summed E-state index contributed by atoms with van der Waals surface area (Å²) < 4.78 is 52.7. The van der Waals surface area contributed by atoms with E-state index in [0.29, 0.717) is 5.69 Å². The standard InChI is InChI=1S/C20H22F3N3O4/c1-4-29-15-11-7-6-10-14(15)17(27)26-19(20(21,22)23,18(28)30-5-2)25-16-12-8-9-13(3)24-16/h6-12H,4-5H2,1-3H3,(H,24,25)(H,26,27)/p+1/t19-/m0/s1. The van der Waals surface area contributed by atoms with Crippen LogP contribution in [0.2, 0.25) is 0 Å². The van der Waals surface area contributed by atoms with Crippen LogP contribution in [0.25, 0.3) is 0 Å². The summed E-state index contributed by atoms with van der Waals surface area (Å²) in [6.07, 6.45) is -5.24. The number of rotatable bonds is 8. The number of hydrogen-bond acceptors (Lipinski definition) is 5. The van der Waals surface area contributed by atoms with Gasteiger partial charge in [-0.3, -0.25) is 10.1 Å². The molecule has 7 nitrogen and oxygen atoms in total. The van der Waals surface area contributed by atoms with Gasteiger partial charge >= 0.3 is 17.8 Å². The van der Waals surface area contributed by atoms with Gasteiger partial charge in [-0.05, 0) is 39.0 Å². The van der Waals surface area contributed by atoms with E-state index in [4.69, 9.17) is 4.74 Å². The lowest BCUT2D eigenvalue weighted by Crippen LogP contribution is -2.69. The fraction of sp³-hybridized carbons (Fsp3) is 0.350. The highest BCUT2D eigenvalue weighted by Gasteiger charge is 2.68. The van der Waals surface area contributed by atoms with Gasteiger partial charge in [0.05, 0.1) is 24.5 Å². The van der Waals surface area contributed by atoms with Gasteiger partial charge in [-0.1, -0.05) is 18.2 Å². The van der Waals surface area contributed by atoms with Crippen LogP contribution in [0.3, 0.4) is 0 Å². The minimum Gasteiger partial charge on any atom is -0.493 e. The average molecular weight is 426 g/mol. The van der Waals surface area contributed by atoms with Crippen LogP contribution in [0, 0.1) is 6.92 Å². The second-order valence-corrected chi connectivity index (χ2v) is 6.22. The van der Waals surface area contributed by atoms with E-state index in [-0.39, 0.29) is 30.3 Å². The first kappa shape index (κ1) is 23.0. The Labute approximate surface area is 171 Å².